The van der Waals surface area contributed by atoms with Gasteiger partial charge in [0.1, 0.15) is 5.82 Å². The molecule has 0 radical (unpaired) electrons. The van der Waals surface area contributed by atoms with Crippen LogP contribution in [-0.4, -0.2) is 32.5 Å². The van der Waals surface area contributed by atoms with Gasteiger partial charge in [0.05, 0.1) is 11.3 Å². The van der Waals surface area contributed by atoms with Gasteiger partial charge in [-0.1, -0.05) is 55.9 Å². The molecular weight excluding hydrogens is 399 g/mol. The number of amides is 1. The highest BCUT2D eigenvalue weighted by molar-refractivity contribution is 7.99. The highest BCUT2D eigenvalue weighted by Gasteiger charge is 2.30. The van der Waals surface area contributed by atoms with Gasteiger partial charge in [0.15, 0.2) is 11.0 Å². The third kappa shape index (κ3) is 3.99. The number of fused-ring (bicyclic) bond motifs is 1. The summed E-state index contributed by atoms with van der Waals surface area (Å²) in [5.74, 6) is 0.796. The molecule has 1 aliphatic rings. The van der Waals surface area contributed by atoms with Gasteiger partial charge < -0.3 is 9.47 Å². The van der Waals surface area contributed by atoms with Gasteiger partial charge in [-0.15, -0.1) is 10.2 Å². The third-order valence-electron chi connectivity index (χ3n) is 5.18. The molecule has 7 heteroatoms. The summed E-state index contributed by atoms with van der Waals surface area (Å²) in [6.45, 7) is 6.90. The van der Waals surface area contributed by atoms with Crippen molar-refractivity contribution in [3.63, 3.8) is 0 Å². The van der Waals surface area contributed by atoms with E-state index >= 15 is 0 Å². The molecule has 0 saturated heterocycles. The topological polar surface area (TPSA) is 51.0 Å². The molecule has 2 heterocycles. The first-order chi connectivity index (χ1) is 14.5. The van der Waals surface area contributed by atoms with Gasteiger partial charge in [-0.3, -0.25) is 4.79 Å². The predicted octanol–water partition coefficient (Wildman–Crippen LogP) is 4.81. The molecule has 2 aromatic carbocycles. The fraction of sp³-hybridized carbons (Fsp3) is 0.348. The van der Waals surface area contributed by atoms with E-state index in [-0.39, 0.29) is 23.5 Å². The van der Waals surface area contributed by atoms with E-state index in [1.165, 1.54) is 23.4 Å². The van der Waals surface area contributed by atoms with E-state index < -0.39 is 0 Å². The molecular formula is C23H25FN4OS. The number of rotatable bonds is 6. The largest absolute Gasteiger partial charge is 0.308 e. The molecule has 4 rings (SSSR count). The van der Waals surface area contributed by atoms with Crippen molar-refractivity contribution in [1.29, 1.82) is 0 Å². The van der Waals surface area contributed by atoms with Crippen LogP contribution >= 0.6 is 11.8 Å². The lowest BCUT2D eigenvalue weighted by Gasteiger charge is -2.22. The normalized spacial score (nSPS) is 15.6. The molecule has 3 aromatic rings. The van der Waals surface area contributed by atoms with E-state index in [9.17, 15) is 9.18 Å². The number of aromatic nitrogens is 3. The van der Waals surface area contributed by atoms with Crippen LogP contribution in [0.4, 0.5) is 10.1 Å². The van der Waals surface area contributed by atoms with Gasteiger partial charge in [0.25, 0.3) is 0 Å². The first kappa shape index (κ1) is 20.6. The monoisotopic (exact) mass is 424 g/mol. The quantitative estimate of drug-likeness (QED) is 0.533. The summed E-state index contributed by atoms with van der Waals surface area (Å²) in [5, 5.41) is 9.18. The molecule has 0 bridgehead atoms. The summed E-state index contributed by atoms with van der Waals surface area (Å²) < 4.78 is 16.3. The third-order valence-corrected chi connectivity index (χ3v) is 6.13. The molecule has 1 aromatic heterocycles. The number of carbonyl (C=O) groups is 1. The van der Waals surface area contributed by atoms with Gasteiger partial charge in [0.2, 0.25) is 5.91 Å². The van der Waals surface area contributed by atoms with Gasteiger partial charge in [0, 0.05) is 18.3 Å². The number of halogens is 1. The average Bonchev–Trinajstić information content (AvgIpc) is 3.26. The Labute approximate surface area is 180 Å². The Bertz CT molecular complexity index is 1060. The Morgan fingerprint density at radius 1 is 1.17 bits per heavy atom. The fourth-order valence-electron chi connectivity index (χ4n) is 3.91. The molecule has 30 heavy (non-hydrogen) atoms. The minimum atomic E-state index is -0.329. The van der Waals surface area contributed by atoms with Crippen molar-refractivity contribution in [2.75, 3.05) is 10.7 Å². The molecule has 0 fully saturated rings. The SMILES string of the molecule is CC(C)Cn1c(SCC(=O)N2c3ccccc3CC2C)nnc1-c1ccccc1F. The second kappa shape index (κ2) is 8.60. The maximum absolute atomic E-state index is 14.4. The fourth-order valence-corrected chi connectivity index (χ4v) is 4.72. The van der Waals surface area contributed by atoms with E-state index in [1.807, 2.05) is 27.7 Å². The molecule has 156 valence electrons. The molecule has 1 amide bonds. The Hall–Kier alpha value is -2.67. The zero-order valence-electron chi connectivity index (χ0n) is 17.4. The minimum Gasteiger partial charge on any atom is -0.308 e. The molecule has 0 N–H and O–H groups in total. The summed E-state index contributed by atoms with van der Waals surface area (Å²) in [6.07, 6.45) is 0.869. The van der Waals surface area contributed by atoms with Gasteiger partial charge in [-0.2, -0.15) is 0 Å². The van der Waals surface area contributed by atoms with Gasteiger partial charge in [-0.05, 0) is 43.0 Å². The van der Waals surface area contributed by atoms with Crippen LogP contribution < -0.4 is 4.90 Å². The summed E-state index contributed by atoms with van der Waals surface area (Å²) in [4.78, 5) is 14.9. The predicted molar refractivity (Wildman–Crippen MR) is 118 cm³/mol. The maximum Gasteiger partial charge on any atom is 0.237 e. The Kier molecular flexibility index (Phi) is 5.90. The van der Waals surface area contributed by atoms with E-state index in [4.69, 9.17) is 0 Å². The summed E-state index contributed by atoms with van der Waals surface area (Å²) in [7, 11) is 0. The Morgan fingerprint density at radius 2 is 1.90 bits per heavy atom. The number of benzene rings is 2. The van der Waals surface area contributed by atoms with E-state index in [2.05, 4.69) is 37.0 Å². The molecule has 5 nitrogen and oxygen atoms in total. The van der Waals surface area contributed by atoms with Crippen LogP contribution in [0, 0.1) is 11.7 Å². The van der Waals surface area contributed by atoms with Crippen LogP contribution in [0.3, 0.4) is 0 Å². The number of thioether (sulfide) groups is 1. The Morgan fingerprint density at radius 3 is 2.67 bits per heavy atom. The lowest BCUT2D eigenvalue weighted by Crippen LogP contribution is -2.37. The zero-order chi connectivity index (χ0) is 21.3. The first-order valence-electron chi connectivity index (χ1n) is 10.2. The van der Waals surface area contributed by atoms with Crippen LogP contribution in [0.25, 0.3) is 11.4 Å². The standard InChI is InChI=1S/C23H25FN4OS/c1-15(2)13-27-22(18-9-5-6-10-19(18)24)25-26-23(27)30-14-21(29)28-16(3)12-17-8-4-7-11-20(17)28/h4-11,15-16H,12-14H2,1-3H3. The number of anilines is 1. The minimum absolute atomic E-state index is 0.0454. The second-order valence-electron chi connectivity index (χ2n) is 8.02. The van der Waals surface area contributed by atoms with Crippen molar-refractivity contribution in [2.45, 2.75) is 44.9 Å². The van der Waals surface area contributed by atoms with Crippen molar-refractivity contribution in [1.82, 2.24) is 14.8 Å². The van der Waals surface area contributed by atoms with Crippen molar-refractivity contribution < 1.29 is 9.18 Å². The highest BCUT2D eigenvalue weighted by Crippen LogP contribution is 2.33. The average molecular weight is 425 g/mol. The summed E-state index contributed by atoms with van der Waals surface area (Å²) in [6, 6.07) is 14.8. The maximum atomic E-state index is 14.4. The molecule has 0 aliphatic carbocycles. The molecule has 1 atom stereocenters. The molecule has 1 aliphatic heterocycles. The number of carbonyl (C=O) groups excluding carboxylic acids is 1. The summed E-state index contributed by atoms with van der Waals surface area (Å²) in [5.41, 5.74) is 2.62. The Balaban J connectivity index is 1.57. The van der Waals surface area contributed by atoms with Crippen molar-refractivity contribution in [3.8, 4) is 11.4 Å². The highest BCUT2D eigenvalue weighted by atomic mass is 32.2. The van der Waals surface area contributed by atoms with Crippen molar-refractivity contribution in [3.05, 3.63) is 59.9 Å². The van der Waals surface area contributed by atoms with E-state index in [0.717, 1.165) is 12.1 Å². The number of nitrogens with zero attached hydrogens (tertiary/aromatic N) is 4. The number of hydrogen-bond acceptors (Lipinski definition) is 4. The lowest BCUT2D eigenvalue weighted by atomic mass is 10.1. The van der Waals surface area contributed by atoms with Gasteiger partial charge in [-0.25, -0.2) is 4.39 Å². The number of hydrogen-bond donors (Lipinski definition) is 0. The summed E-state index contributed by atoms with van der Waals surface area (Å²) >= 11 is 1.36. The van der Waals surface area contributed by atoms with Crippen LogP contribution in [0.2, 0.25) is 0 Å². The smallest absolute Gasteiger partial charge is 0.237 e. The van der Waals surface area contributed by atoms with E-state index in [1.54, 1.807) is 18.2 Å². The number of para-hydroxylation sites is 1. The zero-order valence-corrected chi connectivity index (χ0v) is 18.2. The van der Waals surface area contributed by atoms with Gasteiger partial charge >= 0.3 is 0 Å². The molecule has 0 spiro atoms. The second-order valence-corrected chi connectivity index (χ2v) is 8.97. The van der Waals surface area contributed by atoms with Crippen molar-refractivity contribution in [2.24, 2.45) is 5.92 Å². The van der Waals surface area contributed by atoms with Crippen molar-refractivity contribution >= 4 is 23.4 Å². The van der Waals surface area contributed by atoms with Crippen LogP contribution in [0.1, 0.15) is 26.3 Å². The molecule has 1 unspecified atom stereocenters. The molecule has 0 saturated carbocycles. The van der Waals surface area contributed by atoms with E-state index in [0.29, 0.717) is 29.0 Å². The van der Waals surface area contributed by atoms with Crippen LogP contribution in [0.5, 0.6) is 0 Å². The lowest BCUT2D eigenvalue weighted by molar-refractivity contribution is -0.116. The van der Waals surface area contributed by atoms with Crippen LogP contribution in [0.15, 0.2) is 53.7 Å². The van der Waals surface area contributed by atoms with Crippen LogP contribution in [-0.2, 0) is 17.8 Å². The first-order valence-corrected chi connectivity index (χ1v) is 11.1.